The van der Waals surface area contributed by atoms with Crippen LogP contribution in [0.4, 0.5) is 0 Å². The molecule has 0 spiro atoms. The fraction of sp³-hybridized carbons (Fsp3) is 0.750. The van der Waals surface area contributed by atoms with Gasteiger partial charge in [0.1, 0.15) is 5.54 Å². The number of aromatic nitrogens is 2. The Labute approximate surface area is 126 Å². The second kappa shape index (κ2) is 5.44. The summed E-state index contributed by atoms with van der Waals surface area (Å²) < 4.78 is 2.01. The van der Waals surface area contributed by atoms with Crippen molar-refractivity contribution < 1.29 is 4.79 Å². The van der Waals surface area contributed by atoms with Crippen LogP contribution in [0.2, 0.25) is 0 Å². The topological polar surface area (TPSA) is 72.9 Å². The SMILES string of the molecule is CCc1cc(CC)n(CC(NC2CC2)(C(N)=O)C2CC2)n1. The molecule has 1 unspecified atom stereocenters. The monoisotopic (exact) mass is 290 g/mol. The molecule has 2 fully saturated rings. The molecule has 3 N–H and O–H groups in total. The lowest BCUT2D eigenvalue weighted by Crippen LogP contribution is -2.60. The molecule has 3 rings (SSSR count). The molecule has 1 amide bonds. The highest BCUT2D eigenvalue weighted by molar-refractivity contribution is 5.85. The van der Waals surface area contributed by atoms with Gasteiger partial charge >= 0.3 is 0 Å². The van der Waals surface area contributed by atoms with Crippen molar-refractivity contribution in [1.29, 1.82) is 0 Å². The number of primary amides is 1. The molecule has 0 saturated heterocycles. The van der Waals surface area contributed by atoms with Gasteiger partial charge in [-0.15, -0.1) is 0 Å². The zero-order chi connectivity index (χ0) is 15.0. The number of hydrogen-bond acceptors (Lipinski definition) is 3. The van der Waals surface area contributed by atoms with Crippen molar-refractivity contribution >= 4 is 5.91 Å². The van der Waals surface area contributed by atoms with E-state index in [0.29, 0.717) is 18.5 Å². The van der Waals surface area contributed by atoms with Crippen LogP contribution in [0.15, 0.2) is 6.07 Å². The first-order chi connectivity index (χ1) is 10.1. The van der Waals surface area contributed by atoms with Crippen molar-refractivity contribution in [3.63, 3.8) is 0 Å². The van der Waals surface area contributed by atoms with E-state index in [-0.39, 0.29) is 5.91 Å². The third kappa shape index (κ3) is 2.84. The number of aryl methyl sites for hydroxylation is 2. The quantitative estimate of drug-likeness (QED) is 0.760. The first kappa shape index (κ1) is 14.6. The van der Waals surface area contributed by atoms with E-state index in [1.54, 1.807) is 0 Å². The molecule has 116 valence electrons. The first-order valence-corrected chi connectivity index (χ1v) is 8.22. The lowest BCUT2D eigenvalue weighted by Gasteiger charge is -2.32. The zero-order valence-corrected chi connectivity index (χ0v) is 13.1. The van der Waals surface area contributed by atoms with E-state index in [4.69, 9.17) is 5.73 Å². The van der Waals surface area contributed by atoms with Crippen LogP contribution >= 0.6 is 0 Å². The van der Waals surface area contributed by atoms with Crippen LogP contribution in [0.5, 0.6) is 0 Å². The molecule has 1 aromatic rings. The van der Waals surface area contributed by atoms with Gasteiger partial charge in [-0.25, -0.2) is 0 Å². The molecule has 2 aliphatic rings. The molecule has 2 saturated carbocycles. The van der Waals surface area contributed by atoms with E-state index >= 15 is 0 Å². The second-order valence-corrected chi connectivity index (χ2v) is 6.52. The van der Waals surface area contributed by atoms with Crippen LogP contribution < -0.4 is 11.1 Å². The number of nitrogens with two attached hydrogens (primary N) is 1. The van der Waals surface area contributed by atoms with E-state index in [9.17, 15) is 4.79 Å². The predicted molar refractivity (Wildman–Crippen MR) is 81.8 cm³/mol. The van der Waals surface area contributed by atoms with Crippen LogP contribution in [0.25, 0.3) is 0 Å². The number of rotatable bonds is 8. The van der Waals surface area contributed by atoms with Crippen molar-refractivity contribution in [2.24, 2.45) is 11.7 Å². The van der Waals surface area contributed by atoms with Gasteiger partial charge in [0.05, 0.1) is 12.2 Å². The maximum absolute atomic E-state index is 12.3. The van der Waals surface area contributed by atoms with Gasteiger partial charge < -0.3 is 5.73 Å². The van der Waals surface area contributed by atoms with E-state index in [1.165, 1.54) is 5.69 Å². The zero-order valence-electron chi connectivity index (χ0n) is 13.1. The maximum Gasteiger partial charge on any atom is 0.239 e. The summed E-state index contributed by atoms with van der Waals surface area (Å²) in [6, 6.07) is 2.61. The molecule has 0 bridgehead atoms. The molecule has 0 aromatic carbocycles. The van der Waals surface area contributed by atoms with Gasteiger partial charge in [-0.2, -0.15) is 5.10 Å². The van der Waals surface area contributed by atoms with E-state index in [2.05, 4.69) is 30.3 Å². The van der Waals surface area contributed by atoms with Crippen LogP contribution in [-0.4, -0.2) is 27.3 Å². The fourth-order valence-electron chi connectivity index (χ4n) is 3.16. The minimum absolute atomic E-state index is 0.215. The predicted octanol–water partition coefficient (Wildman–Crippen LogP) is 1.39. The average molecular weight is 290 g/mol. The van der Waals surface area contributed by atoms with Crippen molar-refractivity contribution in [3.8, 4) is 0 Å². The lowest BCUT2D eigenvalue weighted by atomic mass is 9.91. The van der Waals surface area contributed by atoms with Crippen LogP contribution in [-0.2, 0) is 24.2 Å². The maximum atomic E-state index is 12.3. The van der Waals surface area contributed by atoms with Crippen molar-refractivity contribution in [2.45, 2.75) is 70.5 Å². The minimum atomic E-state index is -0.609. The molecule has 5 heteroatoms. The Morgan fingerprint density at radius 1 is 1.38 bits per heavy atom. The number of hydrogen-bond donors (Lipinski definition) is 2. The summed E-state index contributed by atoms with van der Waals surface area (Å²) in [4.78, 5) is 12.3. The van der Waals surface area contributed by atoms with Crippen molar-refractivity contribution in [3.05, 3.63) is 17.5 Å². The summed E-state index contributed by atoms with van der Waals surface area (Å²) in [5, 5.41) is 8.23. The van der Waals surface area contributed by atoms with E-state index in [1.807, 2.05) is 4.68 Å². The standard InChI is InChI=1S/C16H26N4O/c1-3-12-9-14(4-2)20(19-12)10-16(15(17)21,11-5-6-11)18-13-7-8-13/h9,11,13,18H,3-8,10H2,1-2H3,(H2,17,21). The lowest BCUT2D eigenvalue weighted by molar-refractivity contribution is -0.126. The summed E-state index contributed by atoms with van der Waals surface area (Å²) in [7, 11) is 0. The van der Waals surface area contributed by atoms with Crippen LogP contribution in [0.3, 0.4) is 0 Å². The highest BCUT2D eigenvalue weighted by atomic mass is 16.1. The van der Waals surface area contributed by atoms with Gasteiger partial charge in [0.15, 0.2) is 0 Å². The number of carbonyl (C=O) groups is 1. The highest BCUT2D eigenvalue weighted by Gasteiger charge is 2.52. The van der Waals surface area contributed by atoms with Crippen molar-refractivity contribution in [2.75, 3.05) is 0 Å². The molecule has 0 aliphatic heterocycles. The van der Waals surface area contributed by atoms with Gasteiger partial charge in [-0.3, -0.25) is 14.8 Å². The number of carbonyl (C=O) groups excluding carboxylic acids is 1. The number of nitrogens with zero attached hydrogens (tertiary/aromatic N) is 2. The van der Waals surface area contributed by atoms with Gasteiger partial charge in [0, 0.05) is 11.7 Å². The Morgan fingerprint density at radius 2 is 2.10 bits per heavy atom. The normalized spacial score (nSPS) is 21.2. The summed E-state index contributed by atoms with van der Waals surface area (Å²) in [5.74, 6) is 0.155. The molecule has 2 aliphatic carbocycles. The average Bonchev–Trinajstić information content (AvgIpc) is 3.36. The third-order valence-electron chi connectivity index (χ3n) is 4.79. The summed E-state index contributed by atoms with van der Waals surface area (Å²) in [6.45, 7) is 4.81. The largest absolute Gasteiger partial charge is 0.368 e. The summed E-state index contributed by atoms with van der Waals surface area (Å²) >= 11 is 0. The molecular weight excluding hydrogens is 264 g/mol. The van der Waals surface area contributed by atoms with Gasteiger partial charge in [-0.1, -0.05) is 13.8 Å². The number of nitrogens with one attached hydrogen (secondary N) is 1. The molecule has 1 atom stereocenters. The molecule has 0 radical (unpaired) electrons. The molecule has 1 aromatic heterocycles. The van der Waals surface area contributed by atoms with Crippen molar-refractivity contribution in [1.82, 2.24) is 15.1 Å². The van der Waals surface area contributed by atoms with Crippen LogP contribution in [0.1, 0.15) is 50.9 Å². The molecule has 1 heterocycles. The van der Waals surface area contributed by atoms with E-state index in [0.717, 1.165) is 44.2 Å². The smallest absolute Gasteiger partial charge is 0.239 e. The summed E-state index contributed by atoms with van der Waals surface area (Å²) in [6.07, 6.45) is 6.33. The summed E-state index contributed by atoms with van der Waals surface area (Å²) in [5.41, 5.74) is 7.50. The Hall–Kier alpha value is -1.36. The number of amides is 1. The second-order valence-electron chi connectivity index (χ2n) is 6.52. The van der Waals surface area contributed by atoms with Gasteiger partial charge in [0.2, 0.25) is 5.91 Å². The van der Waals surface area contributed by atoms with Gasteiger partial charge in [-0.05, 0) is 50.5 Å². The van der Waals surface area contributed by atoms with Crippen LogP contribution in [0, 0.1) is 5.92 Å². The Bertz CT molecular complexity index is 530. The first-order valence-electron chi connectivity index (χ1n) is 8.22. The fourth-order valence-corrected chi connectivity index (χ4v) is 3.16. The Kier molecular flexibility index (Phi) is 3.78. The molecule has 21 heavy (non-hydrogen) atoms. The van der Waals surface area contributed by atoms with E-state index < -0.39 is 5.54 Å². The Morgan fingerprint density at radius 3 is 2.57 bits per heavy atom. The highest BCUT2D eigenvalue weighted by Crippen LogP contribution is 2.42. The Balaban J connectivity index is 1.89. The molecule has 5 nitrogen and oxygen atoms in total. The third-order valence-corrected chi connectivity index (χ3v) is 4.79. The molecular formula is C16H26N4O. The van der Waals surface area contributed by atoms with Gasteiger partial charge in [0.25, 0.3) is 0 Å². The minimum Gasteiger partial charge on any atom is -0.368 e.